The number of nitrogens with zero attached hydrogens (tertiary/aromatic N) is 4. The Kier molecular flexibility index (Phi) is 2.48. The minimum absolute atomic E-state index is 0.183. The van der Waals surface area contributed by atoms with Crippen LogP contribution in [0.5, 0.6) is 0 Å². The highest BCUT2D eigenvalue weighted by Crippen LogP contribution is 2.28. The number of ether oxygens (including phenoxy) is 1. The topological polar surface area (TPSA) is 66.0 Å². The Hall–Kier alpha value is -1.69. The van der Waals surface area contributed by atoms with Crippen LogP contribution in [0.15, 0.2) is 10.6 Å². The molecule has 2 aromatic heterocycles. The van der Waals surface area contributed by atoms with E-state index in [4.69, 9.17) is 9.26 Å². The van der Waals surface area contributed by atoms with Crippen LogP contribution in [0, 0.1) is 6.92 Å². The van der Waals surface area contributed by atoms with Crippen LogP contribution in [0.1, 0.15) is 25.4 Å². The first kappa shape index (κ1) is 11.4. The van der Waals surface area contributed by atoms with Crippen LogP contribution in [-0.2, 0) is 16.7 Å². The molecule has 0 atom stereocenters. The van der Waals surface area contributed by atoms with Crippen molar-refractivity contribution in [3.63, 3.8) is 0 Å². The highest BCUT2D eigenvalue weighted by molar-refractivity contribution is 5.49. The largest absolute Gasteiger partial charge is 0.379 e. The Labute approximate surface area is 105 Å². The van der Waals surface area contributed by atoms with Gasteiger partial charge in [0.15, 0.2) is 11.5 Å². The second-order valence-corrected chi connectivity index (χ2v) is 5.21. The van der Waals surface area contributed by atoms with Crippen LogP contribution in [0.2, 0.25) is 0 Å². The maximum atomic E-state index is 5.61. The predicted molar refractivity (Wildman–Crippen MR) is 64.1 cm³/mol. The third-order valence-corrected chi connectivity index (χ3v) is 3.12. The summed E-state index contributed by atoms with van der Waals surface area (Å²) >= 11 is 0. The van der Waals surface area contributed by atoms with Gasteiger partial charge in [-0.3, -0.25) is 0 Å². The van der Waals surface area contributed by atoms with Crippen LogP contribution in [0.25, 0.3) is 11.5 Å². The third-order valence-electron chi connectivity index (χ3n) is 3.12. The Morgan fingerprint density at radius 3 is 2.89 bits per heavy atom. The fraction of sp³-hybridized carbons (Fsp3) is 0.583. The Morgan fingerprint density at radius 2 is 2.17 bits per heavy atom. The predicted octanol–water partition coefficient (Wildman–Crippen LogP) is 1.55. The molecule has 0 N–H and O–H groups in total. The van der Waals surface area contributed by atoms with Gasteiger partial charge in [-0.25, -0.2) is 0 Å². The van der Waals surface area contributed by atoms with E-state index in [0.29, 0.717) is 13.2 Å². The van der Waals surface area contributed by atoms with E-state index in [9.17, 15) is 0 Å². The molecule has 96 valence electrons. The van der Waals surface area contributed by atoms with Gasteiger partial charge in [0.1, 0.15) is 11.6 Å². The number of aromatic nitrogens is 4. The molecule has 6 heteroatoms. The molecule has 0 saturated heterocycles. The third kappa shape index (κ3) is 1.73. The van der Waals surface area contributed by atoms with Crippen LogP contribution in [-0.4, -0.2) is 33.1 Å². The lowest BCUT2D eigenvalue weighted by atomic mass is 10.1. The summed E-state index contributed by atoms with van der Waals surface area (Å²) in [6.07, 6.45) is 0.771. The first-order chi connectivity index (χ1) is 8.58. The molecule has 0 radical (unpaired) electrons. The molecule has 0 fully saturated rings. The number of rotatable bonds is 1. The lowest BCUT2D eigenvalue weighted by molar-refractivity contribution is 0.0843. The molecule has 0 aliphatic carbocycles. The van der Waals surface area contributed by atoms with Crippen LogP contribution in [0.3, 0.4) is 0 Å². The molecule has 0 aromatic carbocycles. The van der Waals surface area contributed by atoms with Gasteiger partial charge in [0.2, 0.25) is 0 Å². The fourth-order valence-electron chi connectivity index (χ4n) is 2.30. The summed E-state index contributed by atoms with van der Waals surface area (Å²) in [7, 11) is 0. The van der Waals surface area contributed by atoms with Gasteiger partial charge in [-0.1, -0.05) is 5.16 Å². The summed E-state index contributed by atoms with van der Waals surface area (Å²) in [5.74, 6) is 2.45. The number of hydrogen-bond donors (Lipinski definition) is 0. The van der Waals surface area contributed by atoms with E-state index in [1.807, 2.05) is 13.0 Å². The zero-order valence-corrected chi connectivity index (χ0v) is 10.8. The van der Waals surface area contributed by atoms with Crippen LogP contribution < -0.4 is 0 Å². The van der Waals surface area contributed by atoms with E-state index in [2.05, 4.69) is 33.8 Å². The van der Waals surface area contributed by atoms with Gasteiger partial charge in [0.05, 0.1) is 18.8 Å². The molecule has 2 aromatic rings. The van der Waals surface area contributed by atoms with Gasteiger partial charge >= 0.3 is 0 Å². The van der Waals surface area contributed by atoms with Crippen molar-refractivity contribution >= 4 is 0 Å². The van der Waals surface area contributed by atoms with Crippen molar-refractivity contribution in [2.24, 2.45) is 0 Å². The molecule has 0 bridgehead atoms. The standard InChI is InChI=1S/C12H16N4O2/c1-8-6-9(15-18-8)11-14-13-10-4-5-17-7-12(2,3)16(10)11/h6H,4-5,7H2,1-3H3. The highest BCUT2D eigenvalue weighted by atomic mass is 16.5. The molecule has 6 nitrogen and oxygen atoms in total. The van der Waals surface area contributed by atoms with Crippen molar-refractivity contribution < 1.29 is 9.26 Å². The van der Waals surface area contributed by atoms with E-state index in [0.717, 1.165) is 29.5 Å². The van der Waals surface area contributed by atoms with Crippen molar-refractivity contribution in [1.29, 1.82) is 0 Å². The average Bonchev–Trinajstić information content (AvgIpc) is 2.87. The quantitative estimate of drug-likeness (QED) is 0.766. The van der Waals surface area contributed by atoms with Crippen molar-refractivity contribution in [1.82, 2.24) is 19.9 Å². The number of aryl methyl sites for hydroxylation is 1. The lowest BCUT2D eigenvalue weighted by Crippen LogP contribution is -2.32. The zero-order chi connectivity index (χ0) is 12.8. The average molecular weight is 248 g/mol. The molecule has 0 spiro atoms. The van der Waals surface area contributed by atoms with Crippen molar-refractivity contribution in [3.05, 3.63) is 17.7 Å². The zero-order valence-electron chi connectivity index (χ0n) is 10.8. The van der Waals surface area contributed by atoms with Gasteiger partial charge in [-0.15, -0.1) is 10.2 Å². The molecule has 0 amide bonds. The molecule has 3 heterocycles. The summed E-state index contributed by atoms with van der Waals surface area (Å²) in [6, 6.07) is 1.87. The first-order valence-electron chi connectivity index (χ1n) is 6.04. The Bertz CT molecular complexity index is 570. The molecule has 0 saturated carbocycles. The summed E-state index contributed by atoms with van der Waals surface area (Å²) < 4.78 is 12.8. The maximum absolute atomic E-state index is 5.61. The molecular formula is C12H16N4O2. The van der Waals surface area contributed by atoms with Crippen molar-refractivity contribution in [3.8, 4) is 11.5 Å². The van der Waals surface area contributed by atoms with Crippen LogP contribution in [0.4, 0.5) is 0 Å². The minimum Gasteiger partial charge on any atom is -0.379 e. The molecule has 1 aliphatic heterocycles. The normalized spacial score (nSPS) is 18.4. The van der Waals surface area contributed by atoms with Gasteiger partial charge in [0.25, 0.3) is 0 Å². The maximum Gasteiger partial charge on any atom is 0.186 e. The van der Waals surface area contributed by atoms with E-state index < -0.39 is 0 Å². The van der Waals surface area contributed by atoms with Crippen LogP contribution >= 0.6 is 0 Å². The molecule has 1 aliphatic rings. The van der Waals surface area contributed by atoms with Gasteiger partial charge < -0.3 is 13.8 Å². The second-order valence-electron chi connectivity index (χ2n) is 5.21. The Morgan fingerprint density at radius 1 is 1.33 bits per heavy atom. The summed E-state index contributed by atoms with van der Waals surface area (Å²) in [4.78, 5) is 0. The first-order valence-corrected chi connectivity index (χ1v) is 6.04. The summed E-state index contributed by atoms with van der Waals surface area (Å²) in [5.41, 5.74) is 0.540. The van der Waals surface area contributed by atoms with Gasteiger partial charge in [-0.2, -0.15) is 0 Å². The van der Waals surface area contributed by atoms with E-state index in [1.165, 1.54) is 0 Å². The second kappa shape index (κ2) is 3.91. The highest BCUT2D eigenvalue weighted by Gasteiger charge is 2.31. The van der Waals surface area contributed by atoms with Gasteiger partial charge in [-0.05, 0) is 20.8 Å². The van der Waals surface area contributed by atoms with Crippen molar-refractivity contribution in [2.45, 2.75) is 32.7 Å². The number of fused-ring (bicyclic) bond motifs is 1. The summed E-state index contributed by atoms with van der Waals surface area (Å²) in [6.45, 7) is 7.41. The SMILES string of the molecule is Cc1cc(-c2nnc3n2C(C)(C)COCC3)no1. The molecule has 3 rings (SSSR count). The van der Waals surface area contributed by atoms with E-state index >= 15 is 0 Å². The smallest absolute Gasteiger partial charge is 0.186 e. The fourth-order valence-corrected chi connectivity index (χ4v) is 2.30. The van der Waals surface area contributed by atoms with Crippen molar-refractivity contribution in [2.75, 3.05) is 13.2 Å². The Balaban J connectivity index is 2.15. The lowest BCUT2D eigenvalue weighted by Gasteiger charge is -2.26. The van der Waals surface area contributed by atoms with E-state index in [1.54, 1.807) is 0 Å². The molecule has 0 unspecified atom stereocenters. The van der Waals surface area contributed by atoms with E-state index in [-0.39, 0.29) is 5.54 Å². The number of hydrogen-bond acceptors (Lipinski definition) is 5. The molecule has 18 heavy (non-hydrogen) atoms. The minimum atomic E-state index is -0.183. The van der Waals surface area contributed by atoms with Gasteiger partial charge in [0, 0.05) is 12.5 Å². The summed E-state index contributed by atoms with van der Waals surface area (Å²) in [5, 5.41) is 12.5. The molecular weight excluding hydrogens is 232 g/mol. The monoisotopic (exact) mass is 248 g/mol.